The highest BCUT2D eigenvalue weighted by atomic mass is 16.3. The van der Waals surface area contributed by atoms with Gasteiger partial charge in [0.25, 0.3) is 0 Å². The number of hydrogen-bond acceptors (Lipinski definition) is 4. The number of anilines is 1. The van der Waals surface area contributed by atoms with Gasteiger partial charge in [-0.1, -0.05) is 12.1 Å². The topological polar surface area (TPSA) is 70.4 Å². The number of aliphatic hydroxyl groups excluding tert-OH is 1. The molecule has 0 spiro atoms. The fourth-order valence-corrected chi connectivity index (χ4v) is 3.43. The minimum Gasteiger partial charge on any atom is -0.385 e. The van der Waals surface area contributed by atoms with Gasteiger partial charge in [-0.2, -0.15) is 0 Å². The Morgan fingerprint density at radius 2 is 2.16 bits per heavy atom. The van der Waals surface area contributed by atoms with Gasteiger partial charge in [0.15, 0.2) is 0 Å². The van der Waals surface area contributed by atoms with Crippen molar-refractivity contribution in [2.24, 2.45) is 13.0 Å². The van der Waals surface area contributed by atoms with Crippen LogP contribution >= 0.6 is 0 Å². The van der Waals surface area contributed by atoms with Crippen molar-refractivity contribution < 1.29 is 9.90 Å². The van der Waals surface area contributed by atoms with Gasteiger partial charge in [0.2, 0.25) is 5.91 Å². The Morgan fingerprint density at radius 1 is 1.40 bits per heavy atom. The van der Waals surface area contributed by atoms with Crippen molar-refractivity contribution in [2.75, 3.05) is 25.0 Å². The van der Waals surface area contributed by atoms with E-state index in [0.29, 0.717) is 6.54 Å². The molecule has 25 heavy (non-hydrogen) atoms. The first-order valence-electron chi connectivity index (χ1n) is 8.77. The fourth-order valence-electron chi connectivity index (χ4n) is 3.43. The van der Waals surface area contributed by atoms with Gasteiger partial charge in [-0.3, -0.25) is 9.69 Å². The summed E-state index contributed by atoms with van der Waals surface area (Å²) in [5.74, 6) is 0.918. The summed E-state index contributed by atoms with van der Waals surface area (Å²) in [7, 11) is 1.90. The number of amides is 1. The van der Waals surface area contributed by atoms with Crippen molar-refractivity contribution in [2.45, 2.75) is 25.9 Å². The highest BCUT2D eigenvalue weighted by Crippen LogP contribution is 2.29. The highest BCUT2D eigenvalue weighted by molar-refractivity contribution is 5.92. The first-order valence-corrected chi connectivity index (χ1v) is 8.77. The number of rotatable bonds is 5. The summed E-state index contributed by atoms with van der Waals surface area (Å²) in [6.45, 7) is 4.02. The van der Waals surface area contributed by atoms with Gasteiger partial charge in [0, 0.05) is 25.1 Å². The van der Waals surface area contributed by atoms with Crippen LogP contribution < -0.4 is 5.32 Å². The lowest BCUT2D eigenvalue weighted by molar-refractivity contribution is -0.117. The first kappa shape index (κ1) is 17.6. The molecule has 0 bridgehead atoms. The lowest BCUT2D eigenvalue weighted by Crippen LogP contribution is -2.40. The molecule has 0 saturated carbocycles. The molecular formula is C19H26N4O2. The summed E-state index contributed by atoms with van der Waals surface area (Å²) < 4.78 is 1.87. The minimum atomic E-state index is -0.539. The molecule has 1 aromatic heterocycles. The highest BCUT2D eigenvalue weighted by Gasteiger charge is 2.28. The molecule has 2 N–H and O–H groups in total. The van der Waals surface area contributed by atoms with Crippen LogP contribution in [0.15, 0.2) is 36.7 Å². The van der Waals surface area contributed by atoms with Gasteiger partial charge in [-0.15, -0.1) is 0 Å². The maximum absolute atomic E-state index is 12.2. The van der Waals surface area contributed by atoms with Crippen LogP contribution in [0.2, 0.25) is 0 Å². The molecule has 1 aromatic carbocycles. The zero-order valence-corrected chi connectivity index (χ0v) is 14.9. The minimum absolute atomic E-state index is 0.00806. The van der Waals surface area contributed by atoms with E-state index < -0.39 is 6.10 Å². The van der Waals surface area contributed by atoms with Gasteiger partial charge in [-0.05, 0) is 56.5 Å². The summed E-state index contributed by atoms with van der Waals surface area (Å²) in [5.41, 5.74) is 1.96. The maximum Gasteiger partial charge on any atom is 0.238 e. The van der Waals surface area contributed by atoms with Gasteiger partial charge in [0.05, 0.1) is 6.54 Å². The molecule has 1 aliphatic rings. The number of hydrogen-bond donors (Lipinski definition) is 2. The summed E-state index contributed by atoms with van der Waals surface area (Å²) >= 11 is 0. The van der Waals surface area contributed by atoms with E-state index in [1.54, 1.807) is 6.20 Å². The van der Waals surface area contributed by atoms with Crippen molar-refractivity contribution in [1.82, 2.24) is 14.5 Å². The third-order valence-corrected chi connectivity index (χ3v) is 4.87. The molecular weight excluding hydrogens is 316 g/mol. The lowest BCUT2D eigenvalue weighted by atomic mass is 9.90. The molecule has 1 saturated heterocycles. The van der Waals surface area contributed by atoms with Crippen LogP contribution in [0.3, 0.4) is 0 Å². The second-order valence-corrected chi connectivity index (χ2v) is 6.87. The van der Waals surface area contributed by atoms with Crippen LogP contribution in [0.5, 0.6) is 0 Å². The smallest absolute Gasteiger partial charge is 0.238 e. The van der Waals surface area contributed by atoms with Crippen LogP contribution in [0.25, 0.3) is 0 Å². The number of nitrogens with zero attached hydrogens (tertiary/aromatic N) is 3. The molecule has 0 radical (unpaired) electrons. The lowest BCUT2D eigenvalue weighted by Gasteiger charge is -2.33. The molecule has 0 aliphatic carbocycles. The van der Waals surface area contributed by atoms with Crippen LogP contribution in [-0.4, -0.2) is 45.1 Å². The zero-order valence-electron chi connectivity index (χ0n) is 14.9. The molecule has 0 unspecified atom stereocenters. The molecule has 134 valence electrons. The fraction of sp³-hybridized carbons (Fsp3) is 0.474. The summed E-state index contributed by atoms with van der Waals surface area (Å²) in [4.78, 5) is 18.6. The van der Waals surface area contributed by atoms with Crippen LogP contribution in [-0.2, 0) is 11.8 Å². The number of imidazole rings is 1. The number of carbonyl (C=O) groups is 1. The third kappa shape index (κ3) is 4.46. The summed E-state index contributed by atoms with van der Waals surface area (Å²) in [5, 5.41) is 13.5. The van der Waals surface area contributed by atoms with Crippen LogP contribution in [0, 0.1) is 12.8 Å². The van der Waals surface area contributed by atoms with Gasteiger partial charge >= 0.3 is 0 Å². The van der Waals surface area contributed by atoms with E-state index in [9.17, 15) is 9.90 Å². The SMILES string of the molecule is Cc1cccc(NC(=O)CN2CCC([C@@H](O)c3nccn3C)CC2)c1. The molecule has 6 nitrogen and oxygen atoms in total. The summed E-state index contributed by atoms with van der Waals surface area (Å²) in [6.07, 6.45) is 4.76. The van der Waals surface area contributed by atoms with E-state index in [4.69, 9.17) is 0 Å². The van der Waals surface area contributed by atoms with Crippen molar-refractivity contribution in [1.29, 1.82) is 0 Å². The number of carbonyl (C=O) groups excluding carboxylic acids is 1. The van der Waals surface area contributed by atoms with E-state index in [0.717, 1.165) is 43.0 Å². The quantitative estimate of drug-likeness (QED) is 0.873. The standard InChI is InChI=1S/C19H26N4O2/c1-14-4-3-5-16(12-14)21-17(24)13-23-9-6-15(7-10-23)18(25)19-20-8-11-22(19)2/h3-5,8,11-12,15,18,25H,6-7,9-10,13H2,1-2H3,(H,21,24)/t18-/m1/s1. The van der Waals surface area contributed by atoms with E-state index in [1.807, 2.05) is 49.0 Å². The number of aromatic nitrogens is 2. The van der Waals surface area contributed by atoms with Crippen molar-refractivity contribution in [3.8, 4) is 0 Å². The summed E-state index contributed by atoms with van der Waals surface area (Å²) in [6, 6.07) is 7.82. The average Bonchev–Trinajstić information content (AvgIpc) is 3.01. The Morgan fingerprint density at radius 3 is 2.80 bits per heavy atom. The third-order valence-electron chi connectivity index (χ3n) is 4.87. The molecule has 3 rings (SSSR count). The van der Waals surface area contributed by atoms with E-state index in [-0.39, 0.29) is 11.8 Å². The predicted octanol–water partition coefficient (Wildman–Crippen LogP) is 2.11. The number of piperidine rings is 1. The number of aryl methyl sites for hydroxylation is 2. The largest absolute Gasteiger partial charge is 0.385 e. The molecule has 1 fully saturated rings. The number of benzene rings is 1. The second kappa shape index (κ2) is 7.80. The molecule has 1 amide bonds. The average molecular weight is 342 g/mol. The molecule has 2 heterocycles. The number of aliphatic hydroxyl groups is 1. The predicted molar refractivity (Wildman–Crippen MR) is 97.1 cm³/mol. The van der Waals surface area contributed by atoms with Crippen LogP contribution in [0.4, 0.5) is 5.69 Å². The maximum atomic E-state index is 12.2. The normalized spacial score (nSPS) is 17.4. The number of nitrogens with one attached hydrogen (secondary N) is 1. The van der Waals surface area contributed by atoms with E-state index >= 15 is 0 Å². The second-order valence-electron chi connectivity index (χ2n) is 6.87. The Labute approximate surface area is 148 Å². The Bertz CT molecular complexity index is 720. The van der Waals surface area contributed by atoms with Gasteiger partial charge in [-0.25, -0.2) is 4.98 Å². The molecule has 1 aliphatic heterocycles. The zero-order chi connectivity index (χ0) is 17.8. The van der Waals surface area contributed by atoms with Crippen molar-refractivity contribution in [3.05, 3.63) is 48.0 Å². The van der Waals surface area contributed by atoms with E-state index in [1.165, 1.54) is 0 Å². The monoisotopic (exact) mass is 342 g/mol. The molecule has 1 atom stereocenters. The van der Waals surface area contributed by atoms with Crippen molar-refractivity contribution in [3.63, 3.8) is 0 Å². The van der Waals surface area contributed by atoms with Crippen LogP contribution in [0.1, 0.15) is 30.3 Å². The molecule has 2 aromatic rings. The Balaban J connectivity index is 1.47. The first-order chi connectivity index (χ1) is 12.0. The molecule has 6 heteroatoms. The van der Waals surface area contributed by atoms with Gasteiger partial charge in [0.1, 0.15) is 11.9 Å². The number of likely N-dealkylation sites (tertiary alicyclic amines) is 1. The van der Waals surface area contributed by atoms with Crippen molar-refractivity contribution >= 4 is 11.6 Å². The van der Waals surface area contributed by atoms with E-state index in [2.05, 4.69) is 15.2 Å². The van der Waals surface area contributed by atoms with Gasteiger partial charge < -0.3 is 15.0 Å². The Kier molecular flexibility index (Phi) is 5.50. The Hall–Kier alpha value is -2.18.